The quantitative estimate of drug-likeness (QED) is 0.587. The number of benzene rings is 1. The standard InChI is InChI=1S/C11H13ClO3/c1-3-14-10-7-5-4-6-9(10)11(13)15-8(2)12/h4-8H,3H2,1-2H3. The van der Waals surface area contributed by atoms with E-state index in [0.29, 0.717) is 17.9 Å². The molecular formula is C11H13ClO3. The fraction of sp³-hybridized carbons (Fsp3) is 0.364. The smallest absolute Gasteiger partial charge is 0.343 e. The number of esters is 1. The molecule has 0 aliphatic heterocycles. The van der Waals surface area contributed by atoms with Gasteiger partial charge >= 0.3 is 5.97 Å². The van der Waals surface area contributed by atoms with E-state index in [-0.39, 0.29) is 0 Å². The lowest BCUT2D eigenvalue weighted by Gasteiger charge is -2.10. The van der Waals surface area contributed by atoms with Gasteiger partial charge in [-0.25, -0.2) is 4.79 Å². The van der Waals surface area contributed by atoms with Crippen LogP contribution in [0.25, 0.3) is 0 Å². The number of hydrogen-bond donors (Lipinski definition) is 0. The topological polar surface area (TPSA) is 35.5 Å². The van der Waals surface area contributed by atoms with Crippen molar-refractivity contribution in [3.63, 3.8) is 0 Å². The molecule has 1 rings (SSSR count). The molecule has 0 fully saturated rings. The molecule has 82 valence electrons. The van der Waals surface area contributed by atoms with Gasteiger partial charge in [-0.1, -0.05) is 23.7 Å². The van der Waals surface area contributed by atoms with Gasteiger partial charge in [0.25, 0.3) is 0 Å². The van der Waals surface area contributed by atoms with E-state index in [1.165, 1.54) is 0 Å². The summed E-state index contributed by atoms with van der Waals surface area (Å²) < 4.78 is 10.2. The van der Waals surface area contributed by atoms with Gasteiger partial charge in [0.1, 0.15) is 11.3 Å². The van der Waals surface area contributed by atoms with Crippen LogP contribution in [-0.4, -0.2) is 18.1 Å². The molecule has 0 bridgehead atoms. The number of carbonyl (C=O) groups excluding carboxylic acids is 1. The Labute approximate surface area is 93.9 Å². The first-order valence-electron chi connectivity index (χ1n) is 4.72. The molecule has 0 amide bonds. The van der Waals surface area contributed by atoms with Crippen LogP contribution in [0.15, 0.2) is 24.3 Å². The zero-order chi connectivity index (χ0) is 11.3. The molecule has 1 aromatic carbocycles. The van der Waals surface area contributed by atoms with E-state index in [1.807, 2.05) is 6.92 Å². The summed E-state index contributed by atoms with van der Waals surface area (Å²) in [6, 6.07) is 6.91. The zero-order valence-corrected chi connectivity index (χ0v) is 9.45. The molecule has 4 heteroatoms. The molecule has 0 saturated carbocycles. The maximum atomic E-state index is 11.6. The van der Waals surface area contributed by atoms with Gasteiger partial charge in [0.15, 0.2) is 5.56 Å². The van der Waals surface area contributed by atoms with E-state index in [2.05, 4.69) is 0 Å². The van der Waals surface area contributed by atoms with E-state index in [1.54, 1.807) is 31.2 Å². The number of ether oxygens (including phenoxy) is 2. The molecular weight excluding hydrogens is 216 g/mol. The molecule has 0 heterocycles. The summed E-state index contributed by atoms with van der Waals surface area (Å²) in [5, 5.41) is 0. The van der Waals surface area contributed by atoms with Crippen LogP contribution in [-0.2, 0) is 4.74 Å². The number of halogens is 1. The van der Waals surface area contributed by atoms with Gasteiger partial charge < -0.3 is 9.47 Å². The average Bonchev–Trinajstić information content (AvgIpc) is 2.18. The maximum Gasteiger partial charge on any atom is 0.343 e. The van der Waals surface area contributed by atoms with Crippen molar-refractivity contribution < 1.29 is 14.3 Å². The summed E-state index contributed by atoms with van der Waals surface area (Å²) in [5.41, 5.74) is -0.251. The molecule has 0 saturated heterocycles. The van der Waals surface area contributed by atoms with Gasteiger partial charge in [0.2, 0.25) is 0 Å². The summed E-state index contributed by atoms with van der Waals surface area (Å²) in [7, 11) is 0. The van der Waals surface area contributed by atoms with Crippen LogP contribution in [0.1, 0.15) is 24.2 Å². The van der Waals surface area contributed by atoms with Crippen LogP contribution >= 0.6 is 11.6 Å². The van der Waals surface area contributed by atoms with Crippen molar-refractivity contribution in [1.29, 1.82) is 0 Å². The fourth-order valence-corrected chi connectivity index (χ4v) is 1.21. The largest absolute Gasteiger partial charge is 0.493 e. The van der Waals surface area contributed by atoms with Gasteiger partial charge in [-0.2, -0.15) is 0 Å². The highest BCUT2D eigenvalue weighted by atomic mass is 35.5. The second-order valence-electron chi connectivity index (χ2n) is 2.88. The van der Waals surface area contributed by atoms with Crippen molar-refractivity contribution in [3.8, 4) is 5.75 Å². The Morgan fingerprint density at radius 2 is 2.13 bits per heavy atom. The highest BCUT2D eigenvalue weighted by molar-refractivity contribution is 6.20. The lowest BCUT2D eigenvalue weighted by atomic mass is 10.2. The van der Waals surface area contributed by atoms with Crippen molar-refractivity contribution in [2.75, 3.05) is 6.61 Å². The Morgan fingerprint density at radius 3 is 2.73 bits per heavy atom. The fourth-order valence-electron chi connectivity index (χ4n) is 1.13. The van der Waals surface area contributed by atoms with Crippen LogP contribution in [0.3, 0.4) is 0 Å². The molecule has 0 aliphatic rings. The van der Waals surface area contributed by atoms with Crippen LogP contribution in [0.5, 0.6) is 5.75 Å². The Bertz CT molecular complexity index is 336. The monoisotopic (exact) mass is 228 g/mol. The Kier molecular flexibility index (Phi) is 4.43. The second-order valence-corrected chi connectivity index (χ2v) is 3.49. The van der Waals surface area contributed by atoms with Crippen molar-refractivity contribution in [1.82, 2.24) is 0 Å². The molecule has 1 aromatic rings. The lowest BCUT2D eigenvalue weighted by Crippen LogP contribution is -2.11. The predicted octanol–water partition coefficient (Wildman–Crippen LogP) is 2.83. The van der Waals surface area contributed by atoms with Crippen LogP contribution in [0.2, 0.25) is 0 Å². The SMILES string of the molecule is CCOc1ccccc1C(=O)OC(C)Cl. The van der Waals surface area contributed by atoms with Crippen LogP contribution in [0, 0.1) is 0 Å². The highest BCUT2D eigenvalue weighted by Crippen LogP contribution is 2.19. The van der Waals surface area contributed by atoms with Gasteiger partial charge in [-0.3, -0.25) is 0 Å². The van der Waals surface area contributed by atoms with E-state index in [4.69, 9.17) is 21.1 Å². The summed E-state index contributed by atoms with van der Waals surface area (Å²) in [5.74, 6) is 0.0452. The molecule has 0 radical (unpaired) electrons. The summed E-state index contributed by atoms with van der Waals surface area (Å²) in [6.07, 6.45) is 0. The maximum absolute atomic E-state index is 11.6. The highest BCUT2D eigenvalue weighted by Gasteiger charge is 2.14. The molecule has 3 nitrogen and oxygen atoms in total. The van der Waals surface area contributed by atoms with Gasteiger partial charge in [-0.15, -0.1) is 0 Å². The molecule has 0 aromatic heterocycles. The van der Waals surface area contributed by atoms with Crippen molar-refractivity contribution >= 4 is 17.6 Å². The molecule has 0 spiro atoms. The van der Waals surface area contributed by atoms with Crippen molar-refractivity contribution in [2.24, 2.45) is 0 Å². The van der Waals surface area contributed by atoms with Gasteiger partial charge in [0.05, 0.1) is 6.61 Å². The van der Waals surface area contributed by atoms with E-state index >= 15 is 0 Å². The minimum Gasteiger partial charge on any atom is -0.493 e. The Morgan fingerprint density at radius 1 is 1.47 bits per heavy atom. The van der Waals surface area contributed by atoms with Crippen molar-refractivity contribution in [2.45, 2.75) is 19.4 Å². The number of rotatable bonds is 4. The first-order chi connectivity index (χ1) is 7.15. The average molecular weight is 229 g/mol. The second kappa shape index (κ2) is 5.61. The van der Waals surface area contributed by atoms with Gasteiger partial charge in [0, 0.05) is 0 Å². The first kappa shape index (κ1) is 11.9. The summed E-state index contributed by atoms with van der Waals surface area (Å²) in [4.78, 5) is 11.6. The minimum absolute atomic E-state index is 0.395. The first-order valence-corrected chi connectivity index (χ1v) is 5.15. The van der Waals surface area contributed by atoms with Crippen LogP contribution < -0.4 is 4.74 Å². The summed E-state index contributed by atoms with van der Waals surface area (Å²) in [6.45, 7) is 3.94. The van der Waals surface area contributed by atoms with E-state index < -0.39 is 11.5 Å². The number of hydrogen-bond acceptors (Lipinski definition) is 3. The van der Waals surface area contributed by atoms with Gasteiger partial charge in [-0.05, 0) is 26.0 Å². The number of alkyl halides is 1. The van der Waals surface area contributed by atoms with E-state index in [9.17, 15) is 4.79 Å². The van der Waals surface area contributed by atoms with Crippen LogP contribution in [0.4, 0.5) is 0 Å². The minimum atomic E-state index is -0.646. The third-order valence-corrected chi connectivity index (χ3v) is 1.77. The molecule has 0 N–H and O–H groups in total. The number of para-hydroxylation sites is 1. The predicted molar refractivity (Wildman–Crippen MR) is 58.3 cm³/mol. The number of carbonyl (C=O) groups is 1. The molecule has 0 aliphatic carbocycles. The third kappa shape index (κ3) is 3.44. The van der Waals surface area contributed by atoms with E-state index in [0.717, 1.165) is 0 Å². The third-order valence-electron chi connectivity index (χ3n) is 1.68. The zero-order valence-electron chi connectivity index (χ0n) is 8.70. The Hall–Kier alpha value is -1.22. The Balaban J connectivity index is 2.87. The van der Waals surface area contributed by atoms with Crippen molar-refractivity contribution in [3.05, 3.63) is 29.8 Å². The normalized spacial score (nSPS) is 11.9. The molecule has 1 unspecified atom stereocenters. The molecule has 15 heavy (non-hydrogen) atoms. The summed E-state index contributed by atoms with van der Waals surface area (Å²) >= 11 is 5.57. The molecule has 1 atom stereocenters. The lowest BCUT2D eigenvalue weighted by molar-refractivity contribution is 0.0468.